The summed E-state index contributed by atoms with van der Waals surface area (Å²) in [6, 6.07) is 3.47. The summed E-state index contributed by atoms with van der Waals surface area (Å²) >= 11 is 0. The van der Waals surface area contributed by atoms with Crippen molar-refractivity contribution >= 4 is 11.6 Å². The van der Waals surface area contributed by atoms with E-state index in [9.17, 15) is 18.0 Å². The van der Waals surface area contributed by atoms with Crippen LogP contribution >= 0.6 is 0 Å². The Morgan fingerprint density at radius 1 is 1.29 bits per heavy atom. The number of halogens is 3. The van der Waals surface area contributed by atoms with E-state index in [0.717, 1.165) is 6.07 Å². The number of alkyl halides is 3. The van der Waals surface area contributed by atoms with Gasteiger partial charge in [-0.1, -0.05) is 0 Å². The minimum absolute atomic E-state index is 0.0151. The van der Waals surface area contributed by atoms with Crippen LogP contribution in [0.15, 0.2) is 18.2 Å². The van der Waals surface area contributed by atoms with Gasteiger partial charge >= 0.3 is 6.18 Å². The zero-order chi connectivity index (χ0) is 13.2. The van der Waals surface area contributed by atoms with Crippen LogP contribution in [0.5, 0.6) is 0 Å². The molecule has 0 saturated heterocycles. The molecule has 1 N–H and O–H groups in total. The van der Waals surface area contributed by atoms with Crippen LogP contribution in [-0.2, 0) is 6.18 Å². The summed E-state index contributed by atoms with van der Waals surface area (Å²) in [5.41, 5.74) is -0.873. The summed E-state index contributed by atoms with van der Waals surface area (Å²) in [5.74, 6) is -0.460. The van der Waals surface area contributed by atoms with Crippen LogP contribution in [0.4, 0.5) is 18.9 Å². The first kappa shape index (κ1) is 13.3. The SMILES string of the molecule is CNc1ccc(C(=O)N(C)C)cc1C(F)(F)F. The van der Waals surface area contributed by atoms with E-state index in [-0.39, 0.29) is 11.3 Å². The molecule has 0 bridgehead atoms. The molecule has 0 saturated carbocycles. The highest BCUT2D eigenvalue weighted by atomic mass is 19.4. The Morgan fingerprint density at radius 2 is 1.88 bits per heavy atom. The second kappa shape index (κ2) is 4.65. The normalized spacial score (nSPS) is 11.2. The van der Waals surface area contributed by atoms with Gasteiger partial charge in [-0.3, -0.25) is 4.79 Å². The molecule has 0 aromatic heterocycles. The van der Waals surface area contributed by atoms with Gasteiger partial charge in [-0.2, -0.15) is 13.2 Å². The van der Waals surface area contributed by atoms with Crippen LogP contribution in [0.25, 0.3) is 0 Å². The second-order valence-corrected chi connectivity index (χ2v) is 3.71. The third kappa shape index (κ3) is 2.89. The third-order valence-electron chi connectivity index (χ3n) is 2.25. The van der Waals surface area contributed by atoms with Crippen molar-refractivity contribution in [3.63, 3.8) is 0 Å². The van der Waals surface area contributed by atoms with Crippen LogP contribution in [0.3, 0.4) is 0 Å². The summed E-state index contributed by atoms with van der Waals surface area (Å²) in [4.78, 5) is 12.8. The Balaban J connectivity index is 3.28. The van der Waals surface area contributed by atoms with E-state index in [1.807, 2.05) is 0 Å². The van der Waals surface area contributed by atoms with Crippen LogP contribution in [0.2, 0.25) is 0 Å². The van der Waals surface area contributed by atoms with Crippen molar-refractivity contribution in [3.8, 4) is 0 Å². The Morgan fingerprint density at radius 3 is 2.29 bits per heavy atom. The Bertz CT molecular complexity index is 427. The molecular weight excluding hydrogens is 233 g/mol. The van der Waals surface area contributed by atoms with Crippen LogP contribution in [0.1, 0.15) is 15.9 Å². The number of rotatable bonds is 2. The van der Waals surface area contributed by atoms with Gasteiger partial charge in [-0.05, 0) is 18.2 Å². The lowest BCUT2D eigenvalue weighted by Crippen LogP contribution is -2.22. The number of hydrogen-bond donors (Lipinski definition) is 1. The van der Waals surface area contributed by atoms with Gasteiger partial charge in [0.05, 0.1) is 5.56 Å². The first-order valence-corrected chi connectivity index (χ1v) is 4.88. The molecule has 0 unspecified atom stereocenters. The smallest absolute Gasteiger partial charge is 0.388 e. The lowest BCUT2D eigenvalue weighted by molar-refractivity contribution is -0.136. The van der Waals surface area contributed by atoms with Crippen molar-refractivity contribution in [2.24, 2.45) is 0 Å². The Kier molecular flexibility index (Phi) is 3.65. The number of anilines is 1. The first-order valence-electron chi connectivity index (χ1n) is 4.88. The molecule has 0 aliphatic rings. The molecule has 1 aromatic carbocycles. The number of hydrogen-bond acceptors (Lipinski definition) is 2. The van der Waals surface area contributed by atoms with Gasteiger partial charge in [0.2, 0.25) is 0 Å². The third-order valence-corrected chi connectivity index (χ3v) is 2.25. The number of nitrogens with zero attached hydrogens (tertiary/aromatic N) is 1. The summed E-state index contributed by atoms with van der Waals surface area (Å²) in [6.45, 7) is 0. The number of amides is 1. The van der Waals surface area contributed by atoms with Gasteiger partial charge in [0.25, 0.3) is 5.91 Å². The Labute approximate surface area is 97.2 Å². The molecule has 1 amide bonds. The van der Waals surface area contributed by atoms with Gasteiger partial charge in [0.15, 0.2) is 0 Å². The number of carbonyl (C=O) groups excluding carboxylic acids is 1. The van der Waals surface area contributed by atoms with Crippen molar-refractivity contribution < 1.29 is 18.0 Å². The molecule has 0 aliphatic heterocycles. The van der Waals surface area contributed by atoms with Crippen molar-refractivity contribution in [3.05, 3.63) is 29.3 Å². The predicted molar refractivity (Wildman–Crippen MR) is 59.0 cm³/mol. The number of carbonyl (C=O) groups is 1. The molecule has 0 heterocycles. The topological polar surface area (TPSA) is 32.3 Å². The highest BCUT2D eigenvalue weighted by Gasteiger charge is 2.34. The summed E-state index contributed by atoms with van der Waals surface area (Å²) < 4.78 is 38.1. The minimum atomic E-state index is -4.49. The average Bonchev–Trinajstić information content (AvgIpc) is 2.25. The molecule has 1 aromatic rings. The van der Waals surface area contributed by atoms with E-state index in [1.54, 1.807) is 0 Å². The molecule has 94 valence electrons. The monoisotopic (exact) mass is 246 g/mol. The standard InChI is InChI=1S/C11H13F3N2O/c1-15-9-5-4-7(10(17)16(2)3)6-8(9)11(12,13)14/h4-6,15H,1-3H3. The van der Waals surface area contributed by atoms with Crippen LogP contribution < -0.4 is 5.32 Å². The lowest BCUT2D eigenvalue weighted by atomic mass is 10.1. The van der Waals surface area contributed by atoms with E-state index in [4.69, 9.17) is 0 Å². The maximum atomic E-state index is 12.7. The number of nitrogens with one attached hydrogen (secondary N) is 1. The molecule has 0 aliphatic carbocycles. The maximum Gasteiger partial charge on any atom is 0.418 e. The van der Waals surface area contributed by atoms with Crippen molar-refractivity contribution in [1.82, 2.24) is 4.90 Å². The second-order valence-electron chi connectivity index (χ2n) is 3.71. The summed E-state index contributed by atoms with van der Waals surface area (Å²) in [5, 5.41) is 2.45. The fraction of sp³-hybridized carbons (Fsp3) is 0.364. The average molecular weight is 246 g/mol. The molecule has 6 heteroatoms. The first-order chi connectivity index (χ1) is 7.77. The van der Waals surface area contributed by atoms with Crippen LogP contribution in [-0.4, -0.2) is 32.0 Å². The van der Waals surface area contributed by atoms with E-state index in [0.29, 0.717) is 0 Å². The van der Waals surface area contributed by atoms with Gasteiger partial charge in [-0.15, -0.1) is 0 Å². The van der Waals surface area contributed by atoms with Crippen molar-refractivity contribution in [2.45, 2.75) is 6.18 Å². The van der Waals surface area contributed by atoms with E-state index < -0.39 is 17.6 Å². The molecule has 3 nitrogen and oxygen atoms in total. The fourth-order valence-electron chi connectivity index (χ4n) is 1.39. The van der Waals surface area contributed by atoms with Crippen molar-refractivity contribution in [1.29, 1.82) is 0 Å². The Hall–Kier alpha value is -1.72. The van der Waals surface area contributed by atoms with Gasteiger partial charge in [0.1, 0.15) is 0 Å². The highest BCUT2D eigenvalue weighted by molar-refractivity contribution is 5.94. The van der Waals surface area contributed by atoms with Gasteiger partial charge < -0.3 is 10.2 Å². The quantitative estimate of drug-likeness (QED) is 0.869. The molecule has 0 spiro atoms. The minimum Gasteiger partial charge on any atom is -0.388 e. The van der Waals surface area contributed by atoms with E-state index in [2.05, 4.69) is 5.32 Å². The van der Waals surface area contributed by atoms with Gasteiger partial charge in [0, 0.05) is 32.4 Å². The largest absolute Gasteiger partial charge is 0.418 e. The predicted octanol–water partition coefficient (Wildman–Crippen LogP) is 2.45. The highest BCUT2D eigenvalue weighted by Crippen LogP contribution is 2.35. The molecule has 0 atom stereocenters. The zero-order valence-corrected chi connectivity index (χ0v) is 9.72. The summed E-state index contributed by atoms with van der Waals surface area (Å²) in [7, 11) is 4.38. The fourth-order valence-corrected chi connectivity index (χ4v) is 1.39. The zero-order valence-electron chi connectivity index (χ0n) is 9.72. The lowest BCUT2D eigenvalue weighted by Gasteiger charge is -2.15. The molecular formula is C11H13F3N2O. The van der Waals surface area contributed by atoms with E-state index in [1.165, 1.54) is 38.2 Å². The molecule has 17 heavy (non-hydrogen) atoms. The van der Waals surface area contributed by atoms with Crippen LogP contribution in [0, 0.1) is 0 Å². The summed E-state index contributed by atoms with van der Waals surface area (Å²) in [6.07, 6.45) is -4.49. The van der Waals surface area contributed by atoms with Gasteiger partial charge in [-0.25, -0.2) is 0 Å². The molecule has 0 radical (unpaired) electrons. The molecule has 0 fully saturated rings. The number of benzene rings is 1. The molecule has 1 rings (SSSR count). The van der Waals surface area contributed by atoms with Crippen molar-refractivity contribution in [2.75, 3.05) is 26.5 Å². The van der Waals surface area contributed by atoms with E-state index >= 15 is 0 Å². The maximum absolute atomic E-state index is 12.7.